The average molecular weight is 270 g/mol. The molecule has 2 unspecified atom stereocenters. The van der Waals surface area contributed by atoms with Gasteiger partial charge >= 0.3 is 0 Å². The second-order valence-corrected chi connectivity index (χ2v) is 6.58. The van der Waals surface area contributed by atoms with Crippen LogP contribution in [0.1, 0.15) is 59.8 Å². The molecule has 1 aliphatic rings. The maximum Gasteiger partial charge on any atom is 0.0611 e. The first-order valence-corrected chi connectivity index (χ1v) is 8.14. The van der Waals surface area contributed by atoms with Crippen LogP contribution in [0.3, 0.4) is 0 Å². The van der Waals surface area contributed by atoms with E-state index in [1.165, 1.54) is 25.8 Å². The van der Waals surface area contributed by atoms with Gasteiger partial charge in [0.05, 0.1) is 6.61 Å². The van der Waals surface area contributed by atoms with Crippen LogP contribution in [0.4, 0.5) is 0 Å². The van der Waals surface area contributed by atoms with Crippen LogP contribution in [0.5, 0.6) is 0 Å². The van der Waals surface area contributed by atoms with Crippen molar-refractivity contribution in [3.63, 3.8) is 0 Å². The second kappa shape index (κ2) is 8.23. The molecule has 2 N–H and O–H groups in total. The Morgan fingerprint density at radius 2 is 2.05 bits per heavy atom. The molecule has 0 bridgehead atoms. The highest BCUT2D eigenvalue weighted by atomic mass is 16.3. The van der Waals surface area contributed by atoms with Crippen LogP contribution in [0.2, 0.25) is 0 Å². The lowest BCUT2D eigenvalue weighted by molar-refractivity contribution is 0.0951. The Balaban J connectivity index is 2.45. The fourth-order valence-corrected chi connectivity index (χ4v) is 3.03. The van der Waals surface area contributed by atoms with Crippen molar-refractivity contribution >= 4 is 0 Å². The Morgan fingerprint density at radius 3 is 2.47 bits per heavy atom. The molecule has 0 aromatic heterocycles. The number of nitrogens with one attached hydrogen (secondary N) is 1. The van der Waals surface area contributed by atoms with E-state index < -0.39 is 0 Å². The van der Waals surface area contributed by atoms with E-state index in [4.69, 9.17) is 0 Å². The van der Waals surface area contributed by atoms with Gasteiger partial charge < -0.3 is 15.3 Å². The molecule has 0 aliphatic heterocycles. The van der Waals surface area contributed by atoms with E-state index >= 15 is 0 Å². The quantitative estimate of drug-likeness (QED) is 0.640. The third-order valence-corrected chi connectivity index (χ3v) is 4.64. The minimum Gasteiger partial charge on any atom is -0.394 e. The number of nitrogens with zero attached hydrogens (tertiary/aromatic N) is 1. The van der Waals surface area contributed by atoms with Gasteiger partial charge in [-0.1, -0.05) is 20.3 Å². The van der Waals surface area contributed by atoms with Crippen molar-refractivity contribution < 1.29 is 5.11 Å². The van der Waals surface area contributed by atoms with E-state index in [2.05, 4.69) is 37.9 Å². The highest BCUT2D eigenvalue weighted by Gasteiger charge is 2.29. The number of aliphatic hydroxyl groups excluding tert-OH is 1. The van der Waals surface area contributed by atoms with Crippen molar-refractivity contribution in [3.8, 4) is 0 Å². The van der Waals surface area contributed by atoms with Crippen LogP contribution >= 0.6 is 0 Å². The molecular formula is C16H34N2O. The van der Waals surface area contributed by atoms with Crippen molar-refractivity contribution in [3.05, 3.63) is 0 Å². The van der Waals surface area contributed by atoms with E-state index in [-0.39, 0.29) is 12.1 Å². The molecule has 0 heterocycles. The molecule has 0 amide bonds. The van der Waals surface area contributed by atoms with Crippen LogP contribution in [0.25, 0.3) is 0 Å². The van der Waals surface area contributed by atoms with Crippen molar-refractivity contribution in [2.24, 2.45) is 5.92 Å². The molecule has 3 heteroatoms. The number of hydrogen-bond acceptors (Lipinski definition) is 3. The second-order valence-electron chi connectivity index (χ2n) is 6.58. The van der Waals surface area contributed by atoms with Crippen LogP contribution in [-0.2, 0) is 0 Å². The van der Waals surface area contributed by atoms with Gasteiger partial charge in [0.15, 0.2) is 0 Å². The molecule has 1 saturated carbocycles. The summed E-state index contributed by atoms with van der Waals surface area (Å²) in [6.07, 6.45) is 6.37. The first kappa shape index (κ1) is 16.9. The summed E-state index contributed by atoms with van der Waals surface area (Å²) in [5, 5.41) is 13.2. The molecule has 0 aromatic carbocycles. The largest absolute Gasteiger partial charge is 0.394 e. The molecule has 0 saturated heterocycles. The summed E-state index contributed by atoms with van der Waals surface area (Å²) in [5.74, 6) is 0.923. The van der Waals surface area contributed by atoms with E-state index in [0.29, 0.717) is 6.04 Å². The third kappa shape index (κ3) is 5.41. The Labute approximate surface area is 119 Å². The topological polar surface area (TPSA) is 35.5 Å². The fraction of sp³-hybridized carbons (Fsp3) is 1.00. The minimum absolute atomic E-state index is 0.136. The highest BCUT2D eigenvalue weighted by Crippen LogP contribution is 2.28. The predicted molar refractivity (Wildman–Crippen MR) is 82.5 cm³/mol. The fourth-order valence-electron chi connectivity index (χ4n) is 3.03. The lowest BCUT2D eigenvalue weighted by Gasteiger charge is -2.39. The van der Waals surface area contributed by atoms with Crippen LogP contribution in [0, 0.1) is 5.92 Å². The standard InChI is InChI=1S/C16H34N2O/c1-5-10-17-16(4,13-19)11-14(3)18(6-2)12-15-8-7-9-15/h14-15,17,19H,5-13H2,1-4H3. The van der Waals surface area contributed by atoms with E-state index in [9.17, 15) is 5.11 Å². The van der Waals surface area contributed by atoms with Crippen LogP contribution < -0.4 is 5.32 Å². The van der Waals surface area contributed by atoms with Gasteiger partial charge in [-0.3, -0.25) is 0 Å². The maximum atomic E-state index is 9.67. The number of aliphatic hydroxyl groups is 1. The van der Waals surface area contributed by atoms with Crippen molar-refractivity contribution in [2.45, 2.75) is 71.4 Å². The summed E-state index contributed by atoms with van der Waals surface area (Å²) in [6, 6.07) is 0.534. The van der Waals surface area contributed by atoms with Gasteiger partial charge in [0, 0.05) is 18.1 Å². The van der Waals surface area contributed by atoms with Gasteiger partial charge in [0.25, 0.3) is 0 Å². The van der Waals surface area contributed by atoms with Gasteiger partial charge in [0.1, 0.15) is 0 Å². The monoisotopic (exact) mass is 270 g/mol. The predicted octanol–water partition coefficient (Wildman–Crippen LogP) is 2.64. The summed E-state index contributed by atoms with van der Waals surface area (Å²) in [6.45, 7) is 12.4. The van der Waals surface area contributed by atoms with Crippen molar-refractivity contribution in [1.29, 1.82) is 0 Å². The van der Waals surface area contributed by atoms with Crippen molar-refractivity contribution in [2.75, 3.05) is 26.2 Å². The molecule has 0 aromatic rings. The number of hydrogen-bond donors (Lipinski definition) is 2. The molecule has 114 valence electrons. The average Bonchev–Trinajstić information content (AvgIpc) is 2.35. The summed E-state index contributed by atoms with van der Waals surface area (Å²) >= 11 is 0. The van der Waals surface area contributed by atoms with Crippen molar-refractivity contribution in [1.82, 2.24) is 10.2 Å². The van der Waals surface area contributed by atoms with Gasteiger partial charge in [-0.15, -0.1) is 0 Å². The lowest BCUT2D eigenvalue weighted by Crippen LogP contribution is -2.51. The smallest absolute Gasteiger partial charge is 0.0611 e. The summed E-state index contributed by atoms with van der Waals surface area (Å²) in [7, 11) is 0. The lowest BCUT2D eigenvalue weighted by atomic mass is 9.84. The minimum atomic E-state index is -0.136. The first-order chi connectivity index (χ1) is 9.04. The Hall–Kier alpha value is -0.120. The molecule has 0 spiro atoms. The zero-order valence-electron chi connectivity index (χ0n) is 13.4. The molecule has 3 nitrogen and oxygen atoms in total. The molecule has 1 aliphatic carbocycles. The zero-order chi connectivity index (χ0) is 14.3. The summed E-state index contributed by atoms with van der Waals surface area (Å²) < 4.78 is 0. The van der Waals surface area contributed by atoms with E-state index in [0.717, 1.165) is 31.8 Å². The summed E-state index contributed by atoms with van der Waals surface area (Å²) in [4.78, 5) is 2.59. The van der Waals surface area contributed by atoms with Gasteiger partial charge in [0.2, 0.25) is 0 Å². The van der Waals surface area contributed by atoms with E-state index in [1.807, 2.05) is 0 Å². The molecule has 1 fully saturated rings. The van der Waals surface area contributed by atoms with Gasteiger partial charge in [-0.25, -0.2) is 0 Å². The Bertz CT molecular complexity index is 243. The normalized spacial score (nSPS) is 21.2. The molecule has 19 heavy (non-hydrogen) atoms. The molecule has 2 atom stereocenters. The number of rotatable bonds is 10. The molecule has 1 rings (SSSR count). The Kier molecular flexibility index (Phi) is 7.33. The molecule has 0 radical (unpaired) electrons. The third-order valence-electron chi connectivity index (χ3n) is 4.64. The highest BCUT2D eigenvalue weighted by molar-refractivity contribution is 4.88. The summed E-state index contributed by atoms with van der Waals surface area (Å²) in [5.41, 5.74) is -0.136. The molecular weight excluding hydrogens is 236 g/mol. The van der Waals surface area contributed by atoms with Crippen LogP contribution in [-0.4, -0.2) is 47.8 Å². The van der Waals surface area contributed by atoms with E-state index in [1.54, 1.807) is 0 Å². The first-order valence-electron chi connectivity index (χ1n) is 8.14. The van der Waals surface area contributed by atoms with Gasteiger partial charge in [-0.2, -0.15) is 0 Å². The SMILES string of the molecule is CCCNC(C)(CO)CC(C)N(CC)CC1CCC1. The Morgan fingerprint density at radius 1 is 1.37 bits per heavy atom. The zero-order valence-corrected chi connectivity index (χ0v) is 13.4. The van der Waals surface area contributed by atoms with Crippen LogP contribution in [0.15, 0.2) is 0 Å². The van der Waals surface area contributed by atoms with Gasteiger partial charge in [-0.05, 0) is 58.5 Å². The maximum absolute atomic E-state index is 9.67.